The van der Waals surface area contributed by atoms with E-state index in [2.05, 4.69) is 6.58 Å². The number of carbonyl (C=O) groups is 1. The largest absolute Gasteiger partial charge is 0.376 e. The number of hydrogen-bond acceptors (Lipinski definition) is 2. The Balaban J connectivity index is 2.29. The van der Waals surface area contributed by atoms with Gasteiger partial charge >= 0.3 is 0 Å². The average molecular weight is 169 g/mol. The minimum absolute atomic E-state index is 0.0366. The van der Waals surface area contributed by atoms with Crippen molar-refractivity contribution >= 4 is 5.91 Å². The highest BCUT2D eigenvalue weighted by atomic mass is 16.5. The Labute approximate surface area is 73.0 Å². The minimum Gasteiger partial charge on any atom is -0.376 e. The van der Waals surface area contributed by atoms with Crippen LogP contribution in [0.15, 0.2) is 12.7 Å². The predicted octanol–water partition coefficient (Wildman–Crippen LogP) is 0.810. The first-order chi connectivity index (χ1) is 5.74. The van der Waals surface area contributed by atoms with Crippen LogP contribution in [0.2, 0.25) is 0 Å². The first kappa shape index (κ1) is 9.26. The zero-order chi connectivity index (χ0) is 8.97. The van der Waals surface area contributed by atoms with E-state index in [4.69, 9.17) is 4.74 Å². The lowest BCUT2D eigenvalue weighted by Gasteiger charge is -2.18. The summed E-state index contributed by atoms with van der Waals surface area (Å²) in [6, 6.07) is 0. The smallest absolute Gasteiger partial charge is 0.245 e. The molecular formula is C9H15NO2. The molecule has 12 heavy (non-hydrogen) atoms. The van der Waals surface area contributed by atoms with Gasteiger partial charge in [0, 0.05) is 20.2 Å². The van der Waals surface area contributed by atoms with Gasteiger partial charge in [-0.2, -0.15) is 0 Å². The van der Waals surface area contributed by atoms with Gasteiger partial charge in [0.05, 0.1) is 6.10 Å². The van der Waals surface area contributed by atoms with Crippen molar-refractivity contribution in [2.45, 2.75) is 18.9 Å². The molecular weight excluding hydrogens is 154 g/mol. The van der Waals surface area contributed by atoms with Crippen LogP contribution < -0.4 is 0 Å². The third-order valence-corrected chi connectivity index (χ3v) is 2.05. The van der Waals surface area contributed by atoms with Crippen LogP contribution in [0.3, 0.4) is 0 Å². The maximum Gasteiger partial charge on any atom is 0.245 e. The highest BCUT2D eigenvalue weighted by Crippen LogP contribution is 2.12. The zero-order valence-electron chi connectivity index (χ0n) is 7.45. The van der Waals surface area contributed by atoms with Crippen LogP contribution in [-0.4, -0.2) is 37.1 Å². The van der Waals surface area contributed by atoms with Gasteiger partial charge in [-0.15, -0.1) is 0 Å². The average Bonchev–Trinajstić information content (AvgIpc) is 2.55. The molecule has 1 fully saturated rings. The van der Waals surface area contributed by atoms with E-state index in [9.17, 15) is 4.79 Å². The van der Waals surface area contributed by atoms with Gasteiger partial charge in [0.1, 0.15) is 0 Å². The van der Waals surface area contributed by atoms with Crippen LogP contribution in [0, 0.1) is 0 Å². The Morgan fingerprint density at radius 3 is 3.08 bits per heavy atom. The van der Waals surface area contributed by atoms with Gasteiger partial charge in [0.15, 0.2) is 0 Å². The van der Waals surface area contributed by atoms with Crippen molar-refractivity contribution in [1.29, 1.82) is 0 Å². The van der Waals surface area contributed by atoms with Gasteiger partial charge in [0.25, 0.3) is 0 Å². The Kier molecular flexibility index (Phi) is 3.29. The first-order valence-electron chi connectivity index (χ1n) is 4.23. The molecule has 1 heterocycles. The highest BCUT2D eigenvalue weighted by Gasteiger charge is 2.18. The Hall–Kier alpha value is -0.830. The van der Waals surface area contributed by atoms with Gasteiger partial charge in [-0.05, 0) is 18.9 Å². The third-order valence-electron chi connectivity index (χ3n) is 2.05. The fraction of sp³-hybridized carbons (Fsp3) is 0.667. The van der Waals surface area contributed by atoms with Crippen LogP contribution in [0.25, 0.3) is 0 Å². The van der Waals surface area contributed by atoms with Crippen LogP contribution in [-0.2, 0) is 9.53 Å². The second-order valence-electron chi connectivity index (χ2n) is 3.06. The highest BCUT2D eigenvalue weighted by molar-refractivity contribution is 5.86. The van der Waals surface area contributed by atoms with E-state index in [1.807, 2.05) is 0 Å². The molecule has 0 aromatic carbocycles. The Morgan fingerprint density at radius 1 is 1.83 bits per heavy atom. The van der Waals surface area contributed by atoms with Crippen molar-refractivity contribution in [3.63, 3.8) is 0 Å². The Morgan fingerprint density at radius 2 is 2.58 bits per heavy atom. The predicted molar refractivity (Wildman–Crippen MR) is 46.8 cm³/mol. The van der Waals surface area contributed by atoms with E-state index in [1.54, 1.807) is 11.9 Å². The molecule has 1 aliphatic rings. The van der Waals surface area contributed by atoms with Crippen molar-refractivity contribution in [2.75, 3.05) is 20.2 Å². The molecule has 3 nitrogen and oxygen atoms in total. The molecule has 1 saturated heterocycles. The molecule has 0 radical (unpaired) electrons. The normalized spacial score (nSPS) is 22.2. The van der Waals surface area contributed by atoms with Gasteiger partial charge < -0.3 is 9.64 Å². The molecule has 0 aromatic heterocycles. The molecule has 1 unspecified atom stereocenters. The molecule has 0 N–H and O–H groups in total. The lowest BCUT2D eigenvalue weighted by molar-refractivity contribution is -0.126. The number of amides is 1. The van der Waals surface area contributed by atoms with Crippen molar-refractivity contribution in [3.05, 3.63) is 12.7 Å². The van der Waals surface area contributed by atoms with Gasteiger partial charge in [-0.3, -0.25) is 4.79 Å². The van der Waals surface area contributed by atoms with E-state index in [1.165, 1.54) is 6.08 Å². The van der Waals surface area contributed by atoms with Crippen molar-refractivity contribution in [1.82, 2.24) is 4.90 Å². The van der Waals surface area contributed by atoms with E-state index in [0.29, 0.717) is 6.54 Å². The lowest BCUT2D eigenvalue weighted by atomic mass is 10.2. The fourth-order valence-corrected chi connectivity index (χ4v) is 1.34. The number of nitrogens with zero attached hydrogens (tertiary/aromatic N) is 1. The molecule has 1 aliphatic heterocycles. The molecule has 1 rings (SSSR count). The van der Waals surface area contributed by atoms with Crippen LogP contribution in [0.5, 0.6) is 0 Å². The molecule has 0 bridgehead atoms. The lowest BCUT2D eigenvalue weighted by Crippen LogP contribution is -2.32. The quantitative estimate of drug-likeness (QED) is 0.585. The van der Waals surface area contributed by atoms with Crippen molar-refractivity contribution in [3.8, 4) is 0 Å². The standard InChI is InChI=1S/C9H15NO2/c1-3-9(11)10(2)7-8-5-4-6-12-8/h3,8H,1,4-7H2,2H3. The summed E-state index contributed by atoms with van der Waals surface area (Å²) < 4.78 is 5.39. The summed E-state index contributed by atoms with van der Waals surface area (Å²) in [6.07, 6.45) is 3.74. The SMILES string of the molecule is C=CC(=O)N(C)CC1CCCO1. The molecule has 68 valence electrons. The van der Waals surface area contributed by atoms with Crippen molar-refractivity contribution in [2.24, 2.45) is 0 Å². The van der Waals surface area contributed by atoms with E-state index in [-0.39, 0.29) is 12.0 Å². The van der Waals surface area contributed by atoms with Crippen LogP contribution >= 0.6 is 0 Å². The second-order valence-corrected chi connectivity index (χ2v) is 3.06. The Bertz CT molecular complexity index is 173. The third kappa shape index (κ3) is 2.34. The number of carbonyl (C=O) groups excluding carboxylic acids is 1. The van der Waals surface area contributed by atoms with Crippen molar-refractivity contribution < 1.29 is 9.53 Å². The van der Waals surface area contributed by atoms with Crippen LogP contribution in [0.4, 0.5) is 0 Å². The monoisotopic (exact) mass is 169 g/mol. The molecule has 3 heteroatoms. The topological polar surface area (TPSA) is 29.5 Å². The maximum absolute atomic E-state index is 11.1. The summed E-state index contributed by atoms with van der Waals surface area (Å²) >= 11 is 0. The summed E-state index contributed by atoms with van der Waals surface area (Å²) in [4.78, 5) is 12.7. The number of rotatable bonds is 3. The second kappa shape index (κ2) is 4.26. The summed E-state index contributed by atoms with van der Waals surface area (Å²) in [5, 5.41) is 0. The molecule has 1 atom stereocenters. The molecule has 0 aromatic rings. The molecule has 1 amide bonds. The minimum atomic E-state index is -0.0366. The summed E-state index contributed by atoms with van der Waals surface area (Å²) in [6.45, 7) is 4.94. The van der Waals surface area contributed by atoms with E-state index in [0.717, 1.165) is 19.4 Å². The van der Waals surface area contributed by atoms with E-state index < -0.39 is 0 Å². The number of ether oxygens (including phenoxy) is 1. The van der Waals surface area contributed by atoms with Crippen LogP contribution in [0.1, 0.15) is 12.8 Å². The maximum atomic E-state index is 11.1. The molecule has 0 saturated carbocycles. The summed E-state index contributed by atoms with van der Waals surface area (Å²) in [7, 11) is 1.77. The van der Waals surface area contributed by atoms with Gasteiger partial charge in [-0.1, -0.05) is 6.58 Å². The molecule has 0 aliphatic carbocycles. The first-order valence-corrected chi connectivity index (χ1v) is 4.23. The number of likely N-dealkylation sites (N-methyl/N-ethyl adjacent to an activating group) is 1. The number of hydrogen-bond donors (Lipinski definition) is 0. The van der Waals surface area contributed by atoms with Gasteiger partial charge in [0.2, 0.25) is 5.91 Å². The summed E-state index contributed by atoms with van der Waals surface area (Å²) in [5.74, 6) is -0.0366. The summed E-state index contributed by atoms with van der Waals surface area (Å²) in [5.41, 5.74) is 0. The molecule has 0 spiro atoms. The fourth-order valence-electron chi connectivity index (χ4n) is 1.34. The zero-order valence-corrected chi connectivity index (χ0v) is 7.45. The van der Waals surface area contributed by atoms with E-state index >= 15 is 0 Å². The van der Waals surface area contributed by atoms with Gasteiger partial charge in [-0.25, -0.2) is 0 Å².